The van der Waals surface area contributed by atoms with Crippen molar-refractivity contribution in [3.63, 3.8) is 0 Å². The molecule has 0 aliphatic rings. The first-order chi connectivity index (χ1) is 7.62. The number of hydrogen-bond acceptors (Lipinski definition) is 4. The standard InChI is InChI=1S/C12H14O4/c1-7-8(2)10(6-14)12(16-4)11(15-3)9(7)5-13/h5-6H,1-4H3. The molecule has 0 fully saturated rings. The predicted molar refractivity (Wildman–Crippen MR) is 59.8 cm³/mol. The first kappa shape index (κ1) is 12.2. The second-order valence-corrected chi connectivity index (χ2v) is 3.38. The highest BCUT2D eigenvalue weighted by molar-refractivity contribution is 5.92. The number of ether oxygens (including phenoxy) is 2. The van der Waals surface area contributed by atoms with Gasteiger partial charge in [-0.25, -0.2) is 0 Å². The minimum absolute atomic E-state index is 0.308. The van der Waals surface area contributed by atoms with Gasteiger partial charge < -0.3 is 9.47 Å². The van der Waals surface area contributed by atoms with Crippen LogP contribution in [0.5, 0.6) is 11.5 Å². The number of carbonyl (C=O) groups excluding carboxylic acids is 2. The molecule has 0 atom stereocenters. The third-order valence-corrected chi connectivity index (χ3v) is 2.71. The molecule has 4 heteroatoms. The molecule has 0 spiro atoms. The van der Waals surface area contributed by atoms with Crippen LogP contribution in [0, 0.1) is 13.8 Å². The van der Waals surface area contributed by atoms with Crippen molar-refractivity contribution < 1.29 is 19.1 Å². The Bertz CT molecular complexity index is 394. The number of rotatable bonds is 4. The topological polar surface area (TPSA) is 52.6 Å². The minimum atomic E-state index is 0.308. The van der Waals surface area contributed by atoms with E-state index in [9.17, 15) is 9.59 Å². The molecule has 1 aromatic carbocycles. The molecule has 0 unspecified atom stereocenters. The van der Waals surface area contributed by atoms with Crippen molar-refractivity contribution in [1.82, 2.24) is 0 Å². The maximum Gasteiger partial charge on any atom is 0.172 e. The van der Waals surface area contributed by atoms with Crippen LogP contribution in [-0.4, -0.2) is 26.8 Å². The number of carbonyl (C=O) groups is 2. The lowest BCUT2D eigenvalue weighted by molar-refractivity contribution is 0.110. The average Bonchev–Trinajstić information content (AvgIpc) is 2.31. The van der Waals surface area contributed by atoms with Crippen LogP contribution < -0.4 is 9.47 Å². The van der Waals surface area contributed by atoms with E-state index >= 15 is 0 Å². The molecule has 0 aliphatic heterocycles. The van der Waals surface area contributed by atoms with E-state index in [2.05, 4.69) is 0 Å². The molecule has 4 nitrogen and oxygen atoms in total. The fraction of sp³-hybridized carbons (Fsp3) is 0.333. The van der Waals surface area contributed by atoms with E-state index in [1.165, 1.54) is 14.2 Å². The van der Waals surface area contributed by atoms with Gasteiger partial charge in [0.15, 0.2) is 24.1 Å². The van der Waals surface area contributed by atoms with E-state index in [0.717, 1.165) is 11.1 Å². The van der Waals surface area contributed by atoms with Crippen molar-refractivity contribution in [2.45, 2.75) is 13.8 Å². The highest BCUT2D eigenvalue weighted by Crippen LogP contribution is 2.37. The van der Waals surface area contributed by atoms with E-state index in [1.807, 2.05) is 0 Å². The van der Waals surface area contributed by atoms with E-state index in [0.29, 0.717) is 35.2 Å². The molecule has 0 N–H and O–H groups in total. The molecule has 0 amide bonds. The number of aldehydes is 2. The molecule has 0 saturated carbocycles. The van der Waals surface area contributed by atoms with E-state index in [1.54, 1.807) is 13.8 Å². The molecule has 16 heavy (non-hydrogen) atoms. The fourth-order valence-corrected chi connectivity index (χ4v) is 1.68. The van der Waals surface area contributed by atoms with Crippen molar-refractivity contribution in [2.75, 3.05) is 14.2 Å². The monoisotopic (exact) mass is 222 g/mol. The summed E-state index contributed by atoms with van der Waals surface area (Å²) in [5.41, 5.74) is 2.30. The zero-order chi connectivity index (χ0) is 12.3. The summed E-state index contributed by atoms with van der Waals surface area (Å²) in [7, 11) is 2.88. The summed E-state index contributed by atoms with van der Waals surface area (Å²) in [5, 5.41) is 0. The summed E-state index contributed by atoms with van der Waals surface area (Å²) in [4.78, 5) is 22.0. The van der Waals surface area contributed by atoms with Gasteiger partial charge in [0.2, 0.25) is 0 Å². The lowest BCUT2D eigenvalue weighted by atomic mass is 9.97. The molecule has 0 saturated heterocycles. The molecule has 1 aromatic rings. The first-order valence-corrected chi connectivity index (χ1v) is 4.77. The van der Waals surface area contributed by atoms with Gasteiger partial charge >= 0.3 is 0 Å². The lowest BCUT2D eigenvalue weighted by Crippen LogP contribution is -2.04. The average molecular weight is 222 g/mol. The maximum absolute atomic E-state index is 11.0. The van der Waals surface area contributed by atoms with Gasteiger partial charge in [-0.3, -0.25) is 9.59 Å². The molecule has 0 bridgehead atoms. The normalized spacial score (nSPS) is 9.75. The molecule has 86 valence electrons. The predicted octanol–water partition coefficient (Wildman–Crippen LogP) is 1.95. The second kappa shape index (κ2) is 4.79. The summed E-state index contributed by atoms with van der Waals surface area (Å²) in [6.45, 7) is 3.54. The van der Waals surface area contributed by atoms with Gasteiger partial charge in [-0.2, -0.15) is 0 Å². The van der Waals surface area contributed by atoms with Crippen LogP contribution >= 0.6 is 0 Å². The Morgan fingerprint density at radius 2 is 1.12 bits per heavy atom. The third kappa shape index (κ3) is 1.66. The van der Waals surface area contributed by atoms with Gasteiger partial charge in [0.05, 0.1) is 25.3 Å². The zero-order valence-electron chi connectivity index (χ0n) is 9.79. The summed E-state index contributed by atoms with van der Waals surface area (Å²) in [6.07, 6.45) is 1.41. The lowest BCUT2D eigenvalue weighted by Gasteiger charge is -2.16. The first-order valence-electron chi connectivity index (χ1n) is 4.77. The number of benzene rings is 1. The Kier molecular flexibility index (Phi) is 3.66. The molecule has 1 rings (SSSR count). The highest BCUT2D eigenvalue weighted by Gasteiger charge is 2.20. The summed E-state index contributed by atoms with van der Waals surface area (Å²) in [6, 6.07) is 0. The molecular weight excluding hydrogens is 208 g/mol. The van der Waals surface area contributed by atoms with Crippen LogP contribution in [0.25, 0.3) is 0 Å². The van der Waals surface area contributed by atoms with Gasteiger partial charge in [0.1, 0.15) is 0 Å². The molecule has 0 aliphatic carbocycles. The molecular formula is C12H14O4. The molecule has 0 radical (unpaired) electrons. The van der Waals surface area contributed by atoms with Crippen LogP contribution in [0.2, 0.25) is 0 Å². The van der Waals surface area contributed by atoms with Gasteiger partial charge in [-0.05, 0) is 25.0 Å². The minimum Gasteiger partial charge on any atom is -0.492 e. The Balaban J connectivity index is 3.75. The van der Waals surface area contributed by atoms with Crippen LogP contribution in [0.1, 0.15) is 31.8 Å². The van der Waals surface area contributed by atoms with E-state index < -0.39 is 0 Å². The Morgan fingerprint density at radius 3 is 1.31 bits per heavy atom. The van der Waals surface area contributed by atoms with Crippen LogP contribution in [0.15, 0.2) is 0 Å². The quantitative estimate of drug-likeness (QED) is 0.730. The number of hydrogen-bond donors (Lipinski definition) is 0. The van der Waals surface area contributed by atoms with Crippen molar-refractivity contribution in [2.24, 2.45) is 0 Å². The van der Waals surface area contributed by atoms with Crippen LogP contribution in [0.4, 0.5) is 0 Å². The summed E-state index contributed by atoms with van der Waals surface area (Å²) < 4.78 is 10.2. The fourth-order valence-electron chi connectivity index (χ4n) is 1.68. The molecule has 0 aromatic heterocycles. The van der Waals surface area contributed by atoms with Crippen molar-refractivity contribution in [1.29, 1.82) is 0 Å². The summed E-state index contributed by atoms with van der Waals surface area (Å²) in [5.74, 6) is 0.616. The van der Waals surface area contributed by atoms with Gasteiger partial charge in [0, 0.05) is 0 Å². The zero-order valence-corrected chi connectivity index (χ0v) is 9.79. The van der Waals surface area contributed by atoms with Crippen LogP contribution in [-0.2, 0) is 0 Å². The van der Waals surface area contributed by atoms with Gasteiger partial charge in [0.25, 0.3) is 0 Å². The summed E-state index contributed by atoms with van der Waals surface area (Å²) >= 11 is 0. The van der Waals surface area contributed by atoms with Crippen LogP contribution in [0.3, 0.4) is 0 Å². The third-order valence-electron chi connectivity index (χ3n) is 2.71. The van der Waals surface area contributed by atoms with Crippen molar-refractivity contribution >= 4 is 12.6 Å². The maximum atomic E-state index is 11.0. The SMILES string of the molecule is COc1c(C=O)c(C)c(C)c(C=O)c1OC. The van der Waals surface area contributed by atoms with Crippen molar-refractivity contribution in [3.05, 3.63) is 22.3 Å². The van der Waals surface area contributed by atoms with E-state index in [-0.39, 0.29) is 0 Å². The van der Waals surface area contributed by atoms with Crippen molar-refractivity contribution in [3.8, 4) is 11.5 Å². The second-order valence-electron chi connectivity index (χ2n) is 3.38. The van der Waals surface area contributed by atoms with Gasteiger partial charge in [-0.1, -0.05) is 0 Å². The largest absolute Gasteiger partial charge is 0.492 e. The number of methoxy groups -OCH3 is 2. The Hall–Kier alpha value is -1.84. The smallest absolute Gasteiger partial charge is 0.172 e. The highest BCUT2D eigenvalue weighted by atomic mass is 16.5. The molecule has 0 heterocycles. The van der Waals surface area contributed by atoms with E-state index in [4.69, 9.17) is 9.47 Å². The van der Waals surface area contributed by atoms with Gasteiger partial charge in [-0.15, -0.1) is 0 Å². The Labute approximate surface area is 94.2 Å². The Morgan fingerprint density at radius 1 is 0.812 bits per heavy atom.